The first-order valence-electron chi connectivity index (χ1n) is 6.84. The Balaban J connectivity index is 2.10. The average molecular weight is 256 g/mol. The minimum Gasteiger partial charge on any atom is -0.481 e. The van der Waals surface area contributed by atoms with Crippen molar-refractivity contribution in [2.75, 3.05) is 6.54 Å². The zero-order valence-corrected chi connectivity index (χ0v) is 11.1. The molecule has 0 aromatic heterocycles. The molecule has 0 aromatic rings. The molecule has 5 nitrogen and oxygen atoms in total. The zero-order valence-electron chi connectivity index (χ0n) is 11.1. The van der Waals surface area contributed by atoms with E-state index in [4.69, 9.17) is 5.11 Å². The molecule has 0 radical (unpaired) electrons. The van der Waals surface area contributed by atoms with Crippen LogP contribution >= 0.6 is 0 Å². The van der Waals surface area contributed by atoms with Gasteiger partial charge in [0.15, 0.2) is 0 Å². The van der Waals surface area contributed by atoms with Crippen LogP contribution in [0.5, 0.6) is 0 Å². The molecule has 1 fully saturated rings. The number of carboxylic acids is 1. The molecule has 1 unspecified atom stereocenters. The second-order valence-electron chi connectivity index (χ2n) is 5.19. The molecular formula is C13H24N2O3. The Morgan fingerprint density at radius 1 is 1.28 bits per heavy atom. The zero-order chi connectivity index (χ0) is 13.4. The van der Waals surface area contributed by atoms with Crippen LogP contribution in [0.4, 0.5) is 4.79 Å². The van der Waals surface area contributed by atoms with Crippen LogP contribution in [0, 0.1) is 5.92 Å². The van der Waals surface area contributed by atoms with E-state index in [1.165, 1.54) is 32.1 Å². The van der Waals surface area contributed by atoms with Gasteiger partial charge in [-0.25, -0.2) is 4.79 Å². The quantitative estimate of drug-likeness (QED) is 0.681. The summed E-state index contributed by atoms with van der Waals surface area (Å²) in [5.74, 6) is -0.218. The summed E-state index contributed by atoms with van der Waals surface area (Å²) >= 11 is 0. The lowest BCUT2D eigenvalue weighted by atomic mass is 9.89. The fourth-order valence-corrected chi connectivity index (χ4v) is 2.32. The highest BCUT2D eigenvalue weighted by atomic mass is 16.4. The maximum Gasteiger partial charge on any atom is 0.315 e. The first-order valence-corrected chi connectivity index (χ1v) is 6.84. The summed E-state index contributed by atoms with van der Waals surface area (Å²) in [6, 6.07) is -0.286. The third-order valence-corrected chi connectivity index (χ3v) is 3.44. The molecule has 1 atom stereocenters. The number of nitrogens with one attached hydrogen (secondary N) is 2. The summed E-state index contributed by atoms with van der Waals surface area (Å²) in [7, 11) is 0. The van der Waals surface area contributed by atoms with E-state index in [1.807, 2.05) is 6.92 Å². The molecule has 104 valence electrons. The van der Waals surface area contributed by atoms with E-state index >= 15 is 0 Å². The third kappa shape index (κ3) is 6.47. The van der Waals surface area contributed by atoms with Crippen molar-refractivity contribution in [2.45, 2.75) is 57.9 Å². The number of carbonyl (C=O) groups is 2. The predicted molar refractivity (Wildman–Crippen MR) is 69.4 cm³/mol. The second kappa shape index (κ2) is 7.95. The van der Waals surface area contributed by atoms with Gasteiger partial charge in [-0.05, 0) is 32.1 Å². The van der Waals surface area contributed by atoms with Crippen LogP contribution in [0.25, 0.3) is 0 Å². The molecule has 1 aliphatic rings. The molecule has 0 saturated heterocycles. The van der Waals surface area contributed by atoms with E-state index in [-0.39, 0.29) is 18.5 Å². The summed E-state index contributed by atoms with van der Waals surface area (Å²) in [6.07, 6.45) is 6.81. The highest BCUT2D eigenvalue weighted by Crippen LogP contribution is 2.22. The predicted octanol–water partition coefficient (Wildman–Crippen LogP) is 2.12. The van der Waals surface area contributed by atoms with Gasteiger partial charge in [-0.1, -0.05) is 19.3 Å². The molecule has 5 heteroatoms. The van der Waals surface area contributed by atoms with Crippen LogP contribution in [0.1, 0.15) is 51.9 Å². The number of hydrogen-bond acceptors (Lipinski definition) is 2. The molecule has 0 aromatic carbocycles. The maximum absolute atomic E-state index is 11.6. The van der Waals surface area contributed by atoms with Crippen molar-refractivity contribution < 1.29 is 14.7 Å². The van der Waals surface area contributed by atoms with E-state index < -0.39 is 5.97 Å². The molecule has 0 spiro atoms. The van der Waals surface area contributed by atoms with Gasteiger partial charge in [0, 0.05) is 19.0 Å². The highest BCUT2D eigenvalue weighted by Gasteiger charge is 2.15. The molecule has 0 aliphatic heterocycles. The molecular weight excluding hydrogens is 232 g/mol. The summed E-state index contributed by atoms with van der Waals surface area (Å²) in [5.41, 5.74) is 0. The van der Waals surface area contributed by atoms with Gasteiger partial charge in [-0.2, -0.15) is 0 Å². The van der Waals surface area contributed by atoms with Crippen LogP contribution in [0.3, 0.4) is 0 Å². The fraction of sp³-hybridized carbons (Fsp3) is 0.846. The van der Waals surface area contributed by atoms with Crippen LogP contribution in [0.2, 0.25) is 0 Å². The van der Waals surface area contributed by atoms with Crippen LogP contribution in [0.15, 0.2) is 0 Å². The molecule has 2 amide bonds. The lowest BCUT2D eigenvalue weighted by Crippen LogP contribution is -2.42. The number of carbonyl (C=O) groups excluding carboxylic acids is 1. The fourth-order valence-electron chi connectivity index (χ4n) is 2.32. The van der Waals surface area contributed by atoms with Crippen molar-refractivity contribution in [1.82, 2.24) is 10.6 Å². The van der Waals surface area contributed by atoms with Crippen molar-refractivity contribution in [3.05, 3.63) is 0 Å². The second-order valence-corrected chi connectivity index (χ2v) is 5.19. The summed E-state index contributed by atoms with van der Waals surface area (Å²) in [5, 5.41) is 14.2. The van der Waals surface area contributed by atoms with Gasteiger partial charge < -0.3 is 15.7 Å². The number of carboxylic acid groups (broad SMARTS) is 1. The minimum atomic E-state index is -0.828. The van der Waals surface area contributed by atoms with Gasteiger partial charge in [0.1, 0.15) is 0 Å². The molecule has 0 bridgehead atoms. The van der Waals surface area contributed by atoms with Crippen LogP contribution < -0.4 is 10.6 Å². The van der Waals surface area contributed by atoms with Gasteiger partial charge in [0.25, 0.3) is 0 Å². The number of hydrogen-bond donors (Lipinski definition) is 3. The van der Waals surface area contributed by atoms with Crippen molar-refractivity contribution in [1.29, 1.82) is 0 Å². The lowest BCUT2D eigenvalue weighted by molar-refractivity contribution is -0.137. The van der Waals surface area contributed by atoms with Crippen molar-refractivity contribution >= 4 is 12.0 Å². The van der Waals surface area contributed by atoms with E-state index in [9.17, 15) is 9.59 Å². The monoisotopic (exact) mass is 256 g/mol. The van der Waals surface area contributed by atoms with Crippen molar-refractivity contribution in [3.8, 4) is 0 Å². The lowest BCUT2D eigenvalue weighted by Gasteiger charge is -2.22. The van der Waals surface area contributed by atoms with E-state index in [2.05, 4.69) is 10.6 Å². The van der Waals surface area contributed by atoms with Gasteiger partial charge in [0.05, 0.1) is 0 Å². The van der Waals surface area contributed by atoms with Crippen molar-refractivity contribution in [3.63, 3.8) is 0 Å². The number of aliphatic carboxylic acids is 1. The molecule has 1 saturated carbocycles. The molecule has 18 heavy (non-hydrogen) atoms. The first kappa shape index (κ1) is 14.8. The van der Waals surface area contributed by atoms with Gasteiger partial charge >= 0.3 is 12.0 Å². The summed E-state index contributed by atoms with van der Waals surface area (Å²) < 4.78 is 0. The Hall–Kier alpha value is -1.26. The molecule has 1 rings (SSSR count). The summed E-state index contributed by atoms with van der Waals surface area (Å²) in [6.45, 7) is 2.56. The topological polar surface area (TPSA) is 78.4 Å². The first-order chi connectivity index (χ1) is 8.58. The molecule has 1 aliphatic carbocycles. The minimum absolute atomic E-state index is 0.0874. The molecule has 3 N–H and O–H groups in total. The normalized spacial score (nSPS) is 18.1. The Kier molecular flexibility index (Phi) is 6.54. The largest absolute Gasteiger partial charge is 0.481 e. The van der Waals surface area contributed by atoms with Gasteiger partial charge in [-0.3, -0.25) is 4.79 Å². The SMILES string of the molecule is CC(CCC(=O)O)NC(=O)NCC1CCCCC1. The van der Waals surface area contributed by atoms with Crippen LogP contribution in [-0.2, 0) is 4.79 Å². The standard InChI is InChI=1S/C13H24N2O3/c1-10(7-8-12(16)17)15-13(18)14-9-11-5-3-2-4-6-11/h10-11H,2-9H2,1H3,(H,16,17)(H2,14,15,18). The Morgan fingerprint density at radius 3 is 2.56 bits per heavy atom. The van der Waals surface area contributed by atoms with Crippen LogP contribution in [-0.4, -0.2) is 29.7 Å². The smallest absolute Gasteiger partial charge is 0.315 e. The van der Waals surface area contributed by atoms with Gasteiger partial charge in [0.2, 0.25) is 0 Å². The number of urea groups is 1. The number of rotatable bonds is 6. The Morgan fingerprint density at radius 2 is 1.94 bits per heavy atom. The van der Waals surface area contributed by atoms with Gasteiger partial charge in [-0.15, -0.1) is 0 Å². The van der Waals surface area contributed by atoms with E-state index in [1.54, 1.807) is 0 Å². The van der Waals surface area contributed by atoms with Crippen molar-refractivity contribution in [2.24, 2.45) is 5.92 Å². The Labute approximate surface area is 108 Å². The van der Waals surface area contributed by atoms with E-state index in [0.29, 0.717) is 12.3 Å². The average Bonchev–Trinajstić information content (AvgIpc) is 2.35. The molecule has 0 heterocycles. The third-order valence-electron chi connectivity index (χ3n) is 3.44. The Bertz CT molecular complexity index is 275. The highest BCUT2D eigenvalue weighted by molar-refractivity contribution is 5.74. The summed E-state index contributed by atoms with van der Waals surface area (Å²) in [4.78, 5) is 22.0. The van der Waals surface area contributed by atoms with E-state index in [0.717, 1.165) is 6.54 Å². The maximum atomic E-state index is 11.6. The number of amides is 2.